The molecule has 0 radical (unpaired) electrons. The van der Waals surface area contributed by atoms with E-state index in [9.17, 15) is 8.78 Å². The topological polar surface area (TPSA) is 29.0 Å². The highest BCUT2D eigenvalue weighted by molar-refractivity contribution is 4.91. The fraction of sp³-hybridized carbons (Fsp3) is 0.636. The first-order valence-electron chi connectivity index (χ1n) is 5.44. The van der Waals surface area contributed by atoms with Gasteiger partial charge >= 0.3 is 0 Å². The molecule has 1 saturated heterocycles. The Balaban J connectivity index is 1.97. The molecule has 0 aromatic carbocycles. The Morgan fingerprint density at radius 1 is 1.44 bits per heavy atom. The number of rotatable bonds is 2. The molecule has 2 heterocycles. The van der Waals surface area contributed by atoms with E-state index >= 15 is 0 Å². The van der Waals surface area contributed by atoms with Crippen LogP contribution in [-0.4, -0.2) is 33.9 Å². The number of nitrogens with zero attached hydrogens (tertiary/aromatic N) is 3. The third-order valence-electron chi connectivity index (χ3n) is 3.02. The summed E-state index contributed by atoms with van der Waals surface area (Å²) in [5.41, 5.74) is 0. The number of aromatic nitrogens is 2. The summed E-state index contributed by atoms with van der Waals surface area (Å²) in [6.45, 7) is 2.51. The molecule has 88 valence electrons. The molecule has 0 bridgehead atoms. The highest BCUT2D eigenvalue weighted by Gasteiger charge is 2.41. The van der Waals surface area contributed by atoms with Gasteiger partial charge in [-0.1, -0.05) is 6.92 Å². The molecule has 1 aromatic rings. The monoisotopic (exact) mass is 227 g/mol. The van der Waals surface area contributed by atoms with Gasteiger partial charge in [0.25, 0.3) is 5.92 Å². The second kappa shape index (κ2) is 4.41. The summed E-state index contributed by atoms with van der Waals surface area (Å²) in [4.78, 5) is 9.80. The third-order valence-corrected chi connectivity index (χ3v) is 3.02. The van der Waals surface area contributed by atoms with Crippen LogP contribution in [0, 0.1) is 5.92 Å². The van der Waals surface area contributed by atoms with E-state index in [-0.39, 0.29) is 6.54 Å². The maximum Gasteiger partial charge on any atom is 0.263 e. The molecule has 0 spiro atoms. The van der Waals surface area contributed by atoms with Crippen molar-refractivity contribution in [3.8, 4) is 0 Å². The molecule has 5 heteroatoms. The highest BCUT2D eigenvalue weighted by atomic mass is 19.3. The molecule has 0 saturated carbocycles. The van der Waals surface area contributed by atoms with Crippen molar-refractivity contribution >= 4 is 0 Å². The molecule has 1 aliphatic heterocycles. The van der Waals surface area contributed by atoms with Crippen molar-refractivity contribution in [2.75, 3.05) is 13.1 Å². The third kappa shape index (κ3) is 2.52. The molecule has 1 aliphatic rings. The summed E-state index contributed by atoms with van der Waals surface area (Å²) in [6, 6.07) is 1.72. The minimum Gasteiger partial charge on any atom is -0.290 e. The highest BCUT2D eigenvalue weighted by Crippen LogP contribution is 2.32. The van der Waals surface area contributed by atoms with Gasteiger partial charge in [0.2, 0.25) is 0 Å². The average Bonchev–Trinajstić information content (AvgIpc) is 2.25. The summed E-state index contributed by atoms with van der Waals surface area (Å²) in [5, 5.41) is 0. The molecule has 3 nitrogen and oxygen atoms in total. The van der Waals surface area contributed by atoms with Crippen LogP contribution in [-0.2, 0) is 6.54 Å². The van der Waals surface area contributed by atoms with Gasteiger partial charge < -0.3 is 0 Å². The molecule has 1 aromatic heterocycles. The van der Waals surface area contributed by atoms with E-state index in [4.69, 9.17) is 0 Å². The molecular formula is C11H15F2N3. The second-order valence-corrected chi connectivity index (χ2v) is 4.33. The van der Waals surface area contributed by atoms with Gasteiger partial charge in [0.05, 0.1) is 13.1 Å². The van der Waals surface area contributed by atoms with E-state index in [1.165, 1.54) is 0 Å². The Hall–Kier alpha value is -1.10. The lowest BCUT2D eigenvalue weighted by molar-refractivity contribution is -0.107. The molecule has 16 heavy (non-hydrogen) atoms. The normalized spacial score (nSPS) is 25.6. The zero-order valence-electron chi connectivity index (χ0n) is 9.24. The smallest absolute Gasteiger partial charge is 0.263 e. The van der Waals surface area contributed by atoms with Crippen LogP contribution in [0.2, 0.25) is 0 Å². The Labute approximate surface area is 93.5 Å². The van der Waals surface area contributed by atoms with Crippen LogP contribution in [0.5, 0.6) is 0 Å². The summed E-state index contributed by atoms with van der Waals surface area (Å²) < 4.78 is 26.9. The average molecular weight is 227 g/mol. The van der Waals surface area contributed by atoms with E-state index in [1.54, 1.807) is 30.3 Å². The SMILES string of the molecule is CC1CCN(Cc2ncccn2)CC1(F)F. The Morgan fingerprint density at radius 3 is 2.75 bits per heavy atom. The molecule has 1 atom stereocenters. The molecule has 2 rings (SSSR count). The fourth-order valence-corrected chi connectivity index (χ4v) is 1.87. The molecule has 1 unspecified atom stereocenters. The van der Waals surface area contributed by atoms with Crippen LogP contribution in [0.15, 0.2) is 18.5 Å². The Morgan fingerprint density at radius 2 is 2.12 bits per heavy atom. The van der Waals surface area contributed by atoms with E-state index in [2.05, 4.69) is 9.97 Å². The molecule has 0 amide bonds. The van der Waals surface area contributed by atoms with Crippen molar-refractivity contribution < 1.29 is 8.78 Å². The summed E-state index contributed by atoms with van der Waals surface area (Å²) in [5.74, 6) is -2.51. The van der Waals surface area contributed by atoms with Gasteiger partial charge in [-0.2, -0.15) is 0 Å². The number of likely N-dealkylation sites (tertiary alicyclic amines) is 1. The van der Waals surface area contributed by atoms with E-state index in [1.807, 2.05) is 0 Å². The van der Waals surface area contributed by atoms with Crippen molar-refractivity contribution in [2.24, 2.45) is 5.92 Å². The second-order valence-electron chi connectivity index (χ2n) is 4.33. The van der Waals surface area contributed by atoms with Crippen molar-refractivity contribution in [2.45, 2.75) is 25.8 Å². The van der Waals surface area contributed by atoms with E-state index < -0.39 is 11.8 Å². The van der Waals surface area contributed by atoms with Crippen molar-refractivity contribution in [3.63, 3.8) is 0 Å². The van der Waals surface area contributed by atoms with Crippen molar-refractivity contribution in [3.05, 3.63) is 24.3 Å². The first kappa shape index (κ1) is 11.4. The summed E-state index contributed by atoms with van der Waals surface area (Å²) in [7, 11) is 0. The number of hydrogen-bond donors (Lipinski definition) is 0. The molecule has 1 fully saturated rings. The van der Waals surface area contributed by atoms with Crippen molar-refractivity contribution in [1.29, 1.82) is 0 Å². The molecular weight excluding hydrogens is 212 g/mol. The zero-order chi connectivity index (χ0) is 11.6. The lowest BCUT2D eigenvalue weighted by Gasteiger charge is -2.36. The number of piperidine rings is 1. The van der Waals surface area contributed by atoms with Crippen LogP contribution in [0.25, 0.3) is 0 Å². The summed E-state index contributed by atoms with van der Waals surface area (Å²) >= 11 is 0. The standard InChI is InChI=1S/C11H15F2N3/c1-9-3-6-16(8-11(9,12)13)7-10-14-4-2-5-15-10/h2,4-5,9H,3,6-8H2,1H3. The summed E-state index contributed by atoms with van der Waals surface area (Å²) in [6.07, 6.45) is 3.79. The lowest BCUT2D eigenvalue weighted by atomic mass is 9.95. The van der Waals surface area contributed by atoms with Gasteiger partial charge in [0, 0.05) is 18.3 Å². The van der Waals surface area contributed by atoms with Crippen LogP contribution in [0.4, 0.5) is 8.78 Å². The quantitative estimate of drug-likeness (QED) is 0.773. The maximum atomic E-state index is 13.5. The Kier molecular flexibility index (Phi) is 3.14. The largest absolute Gasteiger partial charge is 0.290 e. The first-order chi connectivity index (χ1) is 7.58. The van der Waals surface area contributed by atoms with Gasteiger partial charge in [-0.3, -0.25) is 4.90 Å². The van der Waals surface area contributed by atoms with Gasteiger partial charge in [0.1, 0.15) is 5.82 Å². The van der Waals surface area contributed by atoms with Gasteiger partial charge in [-0.05, 0) is 19.0 Å². The van der Waals surface area contributed by atoms with Crippen molar-refractivity contribution in [1.82, 2.24) is 14.9 Å². The predicted molar refractivity (Wildman–Crippen MR) is 56.0 cm³/mol. The zero-order valence-corrected chi connectivity index (χ0v) is 9.24. The van der Waals surface area contributed by atoms with E-state index in [0.717, 1.165) is 0 Å². The minimum atomic E-state index is -2.59. The fourth-order valence-electron chi connectivity index (χ4n) is 1.87. The number of hydrogen-bond acceptors (Lipinski definition) is 3. The van der Waals surface area contributed by atoms with Crippen LogP contribution in [0.1, 0.15) is 19.2 Å². The molecule has 0 N–H and O–H groups in total. The van der Waals surface area contributed by atoms with Crippen LogP contribution >= 0.6 is 0 Å². The predicted octanol–water partition coefficient (Wildman–Crippen LogP) is 1.95. The van der Waals surface area contributed by atoms with Crippen LogP contribution in [0.3, 0.4) is 0 Å². The Bertz CT molecular complexity index is 342. The maximum absolute atomic E-state index is 13.5. The van der Waals surface area contributed by atoms with Crippen LogP contribution < -0.4 is 0 Å². The number of alkyl halides is 2. The van der Waals surface area contributed by atoms with Gasteiger partial charge in [-0.15, -0.1) is 0 Å². The lowest BCUT2D eigenvalue weighted by Crippen LogP contribution is -2.47. The number of halogens is 2. The van der Waals surface area contributed by atoms with Gasteiger partial charge in [0.15, 0.2) is 0 Å². The first-order valence-corrected chi connectivity index (χ1v) is 5.44. The van der Waals surface area contributed by atoms with Gasteiger partial charge in [-0.25, -0.2) is 18.7 Å². The minimum absolute atomic E-state index is 0.188. The van der Waals surface area contributed by atoms with E-state index in [0.29, 0.717) is 25.3 Å². The molecule has 0 aliphatic carbocycles.